The molecule has 82 valence electrons. The van der Waals surface area contributed by atoms with Crippen LogP contribution >= 0.6 is 11.6 Å². The van der Waals surface area contributed by atoms with Crippen LogP contribution in [-0.2, 0) is 21.8 Å². The highest BCUT2D eigenvalue weighted by Gasteiger charge is 2.13. The molecule has 0 amide bonds. The Bertz CT molecular complexity index is 319. The van der Waals surface area contributed by atoms with Crippen LogP contribution in [0.5, 0.6) is 0 Å². The molecule has 3 heteroatoms. The van der Waals surface area contributed by atoms with E-state index in [1.807, 2.05) is 31.2 Å². The molecule has 0 bridgehead atoms. The van der Waals surface area contributed by atoms with Crippen LogP contribution in [-0.4, -0.2) is 13.1 Å². The summed E-state index contributed by atoms with van der Waals surface area (Å²) < 4.78 is 4.67. The molecule has 1 rings (SSSR count). The molecule has 0 aliphatic rings. The Morgan fingerprint density at radius 1 is 1.33 bits per heavy atom. The van der Waals surface area contributed by atoms with Crippen molar-refractivity contribution < 1.29 is 9.53 Å². The van der Waals surface area contributed by atoms with E-state index in [2.05, 4.69) is 4.74 Å². The first kappa shape index (κ1) is 12.1. The molecule has 1 atom stereocenters. The fourth-order valence-corrected chi connectivity index (χ4v) is 1.58. The number of esters is 1. The number of carbonyl (C=O) groups excluding carboxylic acids is 1. The maximum Gasteiger partial charge on any atom is 0.308 e. The predicted molar refractivity (Wildman–Crippen MR) is 60.9 cm³/mol. The SMILES string of the molecule is COC(=O)[C@@H](C)Cc1ccc(CCl)cc1. The molecule has 0 N–H and O–H groups in total. The molecule has 1 aromatic rings. The minimum atomic E-state index is -0.170. The Morgan fingerprint density at radius 3 is 2.33 bits per heavy atom. The minimum absolute atomic E-state index is 0.100. The van der Waals surface area contributed by atoms with Crippen LogP contribution in [0.4, 0.5) is 0 Å². The first-order chi connectivity index (χ1) is 7.17. The van der Waals surface area contributed by atoms with Gasteiger partial charge in [-0.3, -0.25) is 4.79 Å². The molecule has 0 aliphatic heterocycles. The summed E-state index contributed by atoms with van der Waals surface area (Å²) in [6, 6.07) is 7.95. The van der Waals surface area contributed by atoms with Gasteiger partial charge >= 0.3 is 5.97 Å². The van der Waals surface area contributed by atoms with Gasteiger partial charge in [0.2, 0.25) is 0 Å². The van der Waals surface area contributed by atoms with E-state index in [-0.39, 0.29) is 11.9 Å². The van der Waals surface area contributed by atoms with Crippen molar-refractivity contribution in [1.82, 2.24) is 0 Å². The summed E-state index contributed by atoms with van der Waals surface area (Å²) >= 11 is 5.68. The molecule has 2 nitrogen and oxygen atoms in total. The number of rotatable bonds is 4. The number of alkyl halides is 1. The zero-order valence-electron chi connectivity index (χ0n) is 9.00. The van der Waals surface area contributed by atoms with E-state index in [1.54, 1.807) is 0 Å². The quantitative estimate of drug-likeness (QED) is 0.583. The van der Waals surface area contributed by atoms with E-state index < -0.39 is 0 Å². The van der Waals surface area contributed by atoms with Gasteiger partial charge in [0.05, 0.1) is 13.0 Å². The van der Waals surface area contributed by atoms with Gasteiger partial charge in [-0.15, -0.1) is 11.6 Å². The summed E-state index contributed by atoms with van der Waals surface area (Å²) in [5.41, 5.74) is 2.22. The fourth-order valence-electron chi connectivity index (χ4n) is 1.40. The Morgan fingerprint density at radius 2 is 1.87 bits per heavy atom. The van der Waals surface area contributed by atoms with Gasteiger partial charge < -0.3 is 4.74 Å². The normalized spacial score (nSPS) is 12.2. The summed E-state index contributed by atoms with van der Waals surface area (Å²) in [6.07, 6.45) is 0.704. The van der Waals surface area contributed by atoms with E-state index in [0.29, 0.717) is 12.3 Å². The van der Waals surface area contributed by atoms with Crippen molar-refractivity contribution in [3.63, 3.8) is 0 Å². The van der Waals surface area contributed by atoms with E-state index in [9.17, 15) is 4.79 Å². The van der Waals surface area contributed by atoms with Crippen molar-refractivity contribution in [3.05, 3.63) is 35.4 Å². The van der Waals surface area contributed by atoms with Crippen LogP contribution in [0.3, 0.4) is 0 Å². The third kappa shape index (κ3) is 3.56. The number of hydrogen-bond acceptors (Lipinski definition) is 2. The second kappa shape index (κ2) is 5.76. The topological polar surface area (TPSA) is 26.3 Å². The highest BCUT2D eigenvalue weighted by molar-refractivity contribution is 6.17. The highest BCUT2D eigenvalue weighted by Crippen LogP contribution is 2.12. The molecule has 0 heterocycles. The summed E-state index contributed by atoms with van der Waals surface area (Å²) in [4.78, 5) is 11.2. The van der Waals surface area contributed by atoms with Gasteiger partial charge in [-0.2, -0.15) is 0 Å². The average molecular weight is 227 g/mol. The highest BCUT2D eigenvalue weighted by atomic mass is 35.5. The molecule has 0 aliphatic carbocycles. The number of halogens is 1. The van der Waals surface area contributed by atoms with Crippen molar-refractivity contribution in [3.8, 4) is 0 Å². The van der Waals surface area contributed by atoms with Crippen molar-refractivity contribution in [2.24, 2.45) is 5.92 Å². The smallest absolute Gasteiger partial charge is 0.308 e. The summed E-state index contributed by atoms with van der Waals surface area (Å²) in [5, 5.41) is 0. The third-order valence-corrected chi connectivity index (χ3v) is 2.63. The first-order valence-corrected chi connectivity index (χ1v) is 5.42. The monoisotopic (exact) mass is 226 g/mol. The van der Waals surface area contributed by atoms with E-state index >= 15 is 0 Å². The Kier molecular flexibility index (Phi) is 4.63. The van der Waals surface area contributed by atoms with Crippen molar-refractivity contribution in [2.75, 3.05) is 7.11 Å². The second-order valence-electron chi connectivity index (χ2n) is 3.58. The summed E-state index contributed by atoms with van der Waals surface area (Å²) in [6.45, 7) is 1.86. The van der Waals surface area contributed by atoms with Gasteiger partial charge in [0, 0.05) is 5.88 Å². The number of methoxy groups -OCH3 is 1. The summed E-state index contributed by atoms with van der Waals surface area (Å²) in [5.74, 6) is 0.251. The number of carbonyl (C=O) groups is 1. The van der Waals surface area contributed by atoms with Gasteiger partial charge in [-0.05, 0) is 17.5 Å². The van der Waals surface area contributed by atoms with Crippen LogP contribution in [0, 0.1) is 5.92 Å². The fraction of sp³-hybridized carbons (Fsp3) is 0.417. The molecular formula is C12H15ClO2. The molecule has 0 radical (unpaired) electrons. The molecule has 0 saturated carbocycles. The van der Waals surface area contributed by atoms with Crippen LogP contribution in [0.25, 0.3) is 0 Å². The van der Waals surface area contributed by atoms with Crippen LogP contribution in [0.2, 0.25) is 0 Å². The summed E-state index contributed by atoms with van der Waals surface area (Å²) in [7, 11) is 1.41. The van der Waals surface area contributed by atoms with E-state index in [4.69, 9.17) is 11.6 Å². The standard InChI is InChI=1S/C12H15ClO2/c1-9(12(14)15-2)7-10-3-5-11(8-13)6-4-10/h3-6,9H,7-8H2,1-2H3/t9-/m0/s1. The van der Waals surface area contributed by atoms with Crippen LogP contribution in [0.1, 0.15) is 18.1 Å². The number of ether oxygens (including phenoxy) is 1. The zero-order chi connectivity index (χ0) is 11.3. The lowest BCUT2D eigenvalue weighted by molar-refractivity contribution is -0.144. The Hall–Kier alpha value is -1.02. The van der Waals surface area contributed by atoms with E-state index in [0.717, 1.165) is 11.1 Å². The average Bonchev–Trinajstić information content (AvgIpc) is 2.29. The van der Waals surface area contributed by atoms with Crippen molar-refractivity contribution >= 4 is 17.6 Å². The Balaban J connectivity index is 2.60. The molecule has 0 spiro atoms. The largest absolute Gasteiger partial charge is 0.469 e. The maximum atomic E-state index is 11.2. The lowest BCUT2D eigenvalue weighted by Crippen LogP contribution is -2.15. The maximum absolute atomic E-state index is 11.2. The van der Waals surface area contributed by atoms with Gasteiger partial charge in [-0.25, -0.2) is 0 Å². The molecular weight excluding hydrogens is 212 g/mol. The third-order valence-electron chi connectivity index (χ3n) is 2.32. The molecule has 0 saturated heterocycles. The van der Waals surface area contributed by atoms with Gasteiger partial charge in [0.15, 0.2) is 0 Å². The molecule has 15 heavy (non-hydrogen) atoms. The first-order valence-electron chi connectivity index (χ1n) is 4.89. The molecule has 0 fully saturated rings. The predicted octanol–water partition coefficient (Wildman–Crippen LogP) is 2.78. The van der Waals surface area contributed by atoms with Crippen LogP contribution < -0.4 is 0 Å². The lowest BCUT2D eigenvalue weighted by Gasteiger charge is -2.09. The van der Waals surface area contributed by atoms with Crippen molar-refractivity contribution in [2.45, 2.75) is 19.2 Å². The molecule has 0 unspecified atom stereocenters. The van der Waals surface area contributed by atoms with Gasteiger partial charge in [0.25, 0.3) is 0 Å². The molecule has 1 aromatic carbocycles. The Labute approximate surface area is 95.2 Å². The number of hydrogen-bond donors (Lipinski definition) is 0. The van der Waals surface area contributed by atoms with Gasteiger partial charge in [0.1, 0.15) is 0 Å². The second-order valence-corrected chi connectivity index (χ2v) is 3.85. The zero-order valence-corrected chi connectivity index (χ0v) is 9.75. The number of benzene rings is 1. The lowest BCUT2D eigenvalue weighted by atomic mass is 10.0. The molecule has 0 aromatic heterocycles. The van der Waals surface area contributed by atoms with Crippen molar-refractivity contribution in [1.29, 1.82) is 0 Å². The van der Waals surface area contributed by atoms with E-state index in [1.165, 1.54) is 7.11 Å². The minimum Gasteiger partial charge on any atom is -0.469 e. The van der Waals surface area contributed by atoms with Gasteiger partial charge in [-0.1, -0.05) is 31.2 Å². The van der Waals surface area contributed by atoms with Crippen LogP contribution in [0.15, 0.2) is 24.3 Å².